The van der Waals surface area contributed by atoms with Crippen LogP contribution in [0.1, 0.15) is 49.8 Å². The highest BCUT2D eigenvalue weighted by molar-refractivity contribution is 5.97. The largest absolute Gasteiger partial charge is 0.395 e. The summed E-state index contributed by atoms with van der Waals surface area (Å²) >= 11 is 0. The molecule has 0 bridgehead atoms. The van der Waals surface area contributed by atoms with Gasteiger partial charge in [0.1, 0.15) is 0 Å². The predicted octanol–water partition coefficient (Wildman–Crippen LogP) is 1.85. The summed E-state index contributed by atoms with van der Waals surface area (Å²) in [6, 6.07) is 0.140. The van der Waals surface area contributed by atoms with Crippen LogP contribution < -0.4 is 11.1 Å². The maximum absolute atomic E-state index is 11.9. The normalized spacial score (nSPS) is 12.8. The third kappa shape index (κ3) is 3.76. The number of hydrogen-bond donors (Lipinski definition) is 3. The number of aromatic amines is 1. The number of rotatable bonds is 5. The zero-order valence-corrected chi connectivity index (χ0v) is 11.0. The van der Waals surface area contributed by atoms with E-state index in [1.807, 2.05) is 6.92 Å². The molecule has 1 rings (SSSR count). The van der Waals surface area contributed by atoms with Gasteiger partial charge < -0.3 is 11.1 Å². The van der Waals surface area contributed by atoms with Crippen molar-refractivity contribution in [2.24, 2.45) is 5.92 Å². The number of carbonyl (C=O) groups is 1. The average molecular weight is 238 g/mol. The first-order chi connectivity index (χ1) is 7.91. The molecule has 0 aliphatic heterocycles. The second-order valence-corrected chi connectivity index (χ2v) is 4.96. The summed E-state index contributed by atoms with van der Waals surface area (Å²) in [5.41, 5.74) is 7.19. The number of hydrogen-bond acceptors (Lipinski definition) is 3. The highest BCUT2D eigenvalue weighted by Crippen LogP contribution is 2.13. The van der Waals surface area contributed by atoms with E-state index >= 15 is 0 Å². The summed E-state index contributed by atoms with van der Waals surface area (Å²) < 4.78 is 0. The number of nitrogens with zero attached hydrogens (tertiary/aromatic N) is 1. The molecule has 1 aromatic heterocycles. The first-order valence-corrected chi connectivity index (χ1v) is 6.03. The Kier molecular flexibility index (Phi) is 4.54. The van der Waals surface area contributed by atoms with Gasteiger partial charge in [-0.2, -0.15) is 5.10 Å². The molecular formula is C12H22N4O. The van der Waals surface area contributed by atoms with Crippen molar-refractivity contribution in [1.82, 2.24) is 15.5 Å². The molecule has 0 saturated heterocycles. The minimum absolute atomic E-state index is 0.140. The number of amides is 1. The molecule has 0 saturated carbocycles. The van der Waals surface area contributed by atoms with E-state index in [-0.39, 0.29) is 11.9 Å². The maximum Gasteiger partial charge on any atom is 0.274 e. The van der Waals surface area contributed by atoms with Gasteiger partial charge in [0.05, 0.1) is 11.4 Å². The van der Waals surface area contributed by atoms with Gasteiger partial charge in [-0.05, 0) is 32.6 Å². The first kappa shape index (κ1) is 13.5. The van der Waals surface area contributed by atoms with Crippen molar-refractivity contribution in [3.63, 3.8) is 0 Å². The fourth-order valence-electron chi connectivity index (χ4n) is 1.56. The molecule has 0 spiro atoms. The second kappa shape index (κ2) is 5.70. The maximum atomic E-state index is 11.9. The molecule has 0 aliphatic carbocycles. The van der Waals surface area contributed by atoms with Crippen molar-refractivity contribution in [1.29, 1.82) is 0 Å². The van der Waals surface area contributed by atoms with Gasteiger partial charge in [0.25, 0.3) is 5.91 Å². The molecule has 17 heavy (non-hydrogen) atoms. The van der Waals surface area contributed by atoms with Crippen LogP contribution in [-0.4, -0.2) is 22.1 Å². The van der Waals surface area contributed by atoms with Crippen LogP contribution in [0.15, 0.2) is 0 Å². The molecule has 0 aliphatic rings. The van der Waals surface area contributed by atoms with Crippen molar-refractivity contribution >= 4 is 11.6 Å². The number of nitrogens with two attached hydrogens (primary N) is 1. The number of anilines is 1. The Labute approximate surface area is 102 Å². The van der Waals surface area contributed by atoms with Crippen molar-refractivity contribution < 1.29 is 4.79 Å². The van der Waals surface area contributed by atoms with Crippen LogP contribution in [0.25, 0.3) is 0 Å². The van der Waals surface area contributed by atoms with Crippen LogP contribution in [0.3, 0.4) is 0 Å². The van der Waals surface area contributed by atoms with Gasteiger partial charge in [0.15, 0.2) is 5.69 Å². The third-order valence-corrected chi connectivity index (χ3v) is 2.76. The fourth-order valence-corrected chi connectivity index (χ4v) is 1.56. The lowest BCUT2D eigenvalue weighted by atomic mass is 10.0. The minimum Gasteiger partial charge on any atom is -0.395 e. The van der Waals surface area contributed by atoms with Gasteiger partial charge in [-0.3, -0.25) is 9.89 Å². The Bertz CT molecular complexity index is 384. The summed E-state index contributed by atoms with van der Waals surface area (Å²) in [4.78, 5) is 11.9. The molecule has 0 fully saturated rings. The second-order valence-electron chi connectivity index (χ2n) is 4.96. The Morgan fingerprint density at radius 2 is 2.06 bits per heavy atom. The molecule has 0 radical (unpaired) electrons. The highest BCUT2D eigenvalue weighted by atomic mass is 16.2. The van der Waals surface area contributed by atoms with Gasteiger partial charge in [-0.25, -0.2) is 0 Å². The van der Waals surface area contributed by atoms with Crippen molar-refractivity contribution in [3.8, 4) is 0 Å². The molecule has 1 unspecified atom stereocenters. The summed E-state index contributed by atoms with van der Waals surface area (Å²) in [6.45, 7) is 8.13. The number of aromatic nitrogens is 2. The molecule has 0 aromatic carbocycles. The molecule has 4 N–H and O–H groups in total. The van der Waals surface area contributed by atoms with Gasteiger partial charge in [0.2, 0.25) is 0 Å². The Morgan fingerprint density at radius 3 is 2.53 bits per heavy atom. The highest BCUT2D eigenvalue weighted by Gasteiger charge is 2.17. The Balaban J connectivity index is 2.52. The molecule has 96 valence electrons. The standard InChI is InChI=1S/C12H22N4O/c1-7(2)5-6-8(3)14-12(17)11-10(13)9(4)15-16-11/h7-8H,5-6,13H2,1-4H3,(H,14,17)(H,15,16). The predicted molar refractivity (Wildman–Crippen MR) is 68.7 cm³/mol. The molecule has 1 atom stereocenters. The summed E-state index contributed by atoms with van der Waals surface area (Å²) in [5.74, 6) is 0.440. The third-order valence-electron chi connectivity index (χ3n) is 2.76. The average Bonchev–Trinajstić information content (AvgIpc) is 2.57. The lowest BCUT2D eigenvalue weighted by Crippen LogP contribution is -2.33. The SMILES string of the molecule is Cc1[nH]nc(C(=O)NC(C)CCC(C)C)c1N. The van der Waals surface area contributed by atoms with Crippen molar-refractivity contribution in [2.75, 3.05) is 5.73 Å². The van der Waals surface area contributed by atoms with Crippen LogP contribution in [0.4, 0.5) is 5.69 Å². The molecule has 1 heterocycles. The quantitative estimate of drug-likeness (QED) is 0.732. The van der Waals surface area contributed by atoms with Crippen molar-refractivity contribution in [3.05, 3.63) is 11.4 Å². The van der Waals surface area contributed by atoms with E-state index in [4.69, 9.17) is 5.73 Å². The number of nitrogen functional groups attached to an aromatic ring is 1. The zero-order valence-electron chi connectivity index (χ0n) is 11.0. The molecule has 1 amide bonds. The van der Waals surface area contributed by atoms with E-state index in [0.29, 0.717) is 17.3 Å². The Hall–Kier alpha value is -1.52. The van der Waals surface area contributed by atoms with E-state index in [2.05, 4.69) is 29.4 Å². The van der Waals surface area contributed by atoms with Crippen molar-refractivity contribution in [2.45, 2.75) is 46.6 Å². The minimum atomic E-state index is -0.205. The van der Waals surface area contributed by atoms with Gasteiger partial charge in [0, 0.05) is 6.04 Å². The van der Waals surface area contributed by atoms with E-state index in [0.717, 1.165) is 18.5 Å². The topological polar surface area (TPSA) is 83.8 Å². The van der Waals surface area contributed by atoms with Crippen LogP contribution >= 0.6 is 0 Å². The van der Waals surface area contributed by atoms with Crippen LogP contribution in [0, 0.1) is 12.8 Å². The molecular weight excluding hydrogens is 216 g/mol. The Morgan fingerprint density at radius 1 is 1.41 bits per heavy atom. The number of carbonyl (C=O) groups excluding carboxylic acids is 1. The van der Waals surface area contributed by atoms with E-state index < -0.39 is 0 Å². The van der Waals surface area contributed by atoms with Crippen LogP contribution in [0.2, 0.25) is 0 Å². The lowest BCUT2D eigenvalue weighted by molar-refractivity contribution is 0.0933. The number of aryl methyl sites for hydroxylation is 1. The van der Waals surface area contributed by atoms with E-state index in [1.165, 1.54) is 0 Å². The molecule has 1 aromatic rings. The molecule has 5 nitrogen and oxygen atoms in total. The number of nitrogens with one attached hydrogen (secondary N) is 2. The monoisotopic (exact) mass is 238 g/mol. The fraction of sp³-hybridized carbons (Fsp3) is 0.667. The first-order valence-electron chi connectivity index (χ1n) is 6.03. The summed E-state index contributed by atoms with van der Waals surface area (Å²) in [5, 5.41) is 9.51. The van der Waals surface area contributed by atoms with Crippen LogP contribution in [0.5, 0.6) is 0 Å². The van der Waals surface area contributed by atoms with Crippen LogP contribution in [-0.2, 0) is 0 Å². The zero-order chi connectivity index (χ0) is 13.0. The lowest BCUT2D eigenvalue weighted by Gasteiger charge is -2.14. The number of H-pyrrole nitrogens is 1. The summed E-state index contributed by atoms with van der Waals surface area (Å²) in [6.07, 6.45) is 2.06. The summed E-state index contributed by atoms with van der Waals surface area (Å²) in [7, 11) is 0. The molecule has 5 heteroatoms. The van der Waals surface area contributed by atoms with E-state index in [1.54, 1.807) is 6.92 Å². The van der Waals surface area contributed by atoms with Gasteiger partial charge in [-0.15, -0.1) is 0 Å². The van der Waals surface area contributed by atoms with E-state index in [9.17, 15) is 4.79 Å². The smallest absolute Gasteiger partial charge is 0.274 e. The van der Waals surface area contributed by atoms with Gasteiger partial charge >= 0.3 is 0 Å². The van der Waals surface area contributed by atoms with Gasteiger partial charge in [-0.1, -0.05) is 13.8 Å².